The molecule has 2 N–H and O–H groups in total. The number of methoxy groups -OCH3 is 1. The quantitative estimate of drug-likeness (QED) is 0.662. The molecule has 1 aromatic heterocycles. The Bertz CT molecular complexity index is 570. The van der Waals surface area contributed by atoms with Crippen LogP contribution in [0.15, 0.2) is 42.6 Å². The molecule has 0 spiro atoms. The molecule has 5 heteroatoms. The zero-order valence-electron chi connectivity index (χ0n) is 9.79. The van der Waals surface area contributed by atoms with Gasteiger partial charge in [0.05, 0.1) is 18.4 Å². The van der Waals surface area contributed by atoms with Crippen LogP contribution in [0.1, 0.15) is 10.4 Å². The standard InChI is InChI=1S/C13H12N2O3/c1-17-13(16)9-6-7-15-12(8-9)18-11-5-3-2-4-10(11)14/h2-8H,14H2,1H3. The fourth-order valence-corrected chi connectivity index (χ4v) is 1.40. The molecular formula is C13H12N2O3. The van der Waals surface area contributed by atoms with Crippen LogP contribution in [-0.4, -0.2) is 18.1 Å². The number of esters is 1. The van der Waals surface area contributed by atoms with Gasteiger partial charge < -0.3 is 15.2 Å². The number of nitrogens with zero attached hydrogens (tertiary/aromatic N) is 1. The third kappa shape index (κ3) is 2.57. The van der Waals surface area contributed by atoms with Gasteiger partial charge in [-0.3, -0.25) is 0 Å². The molecule has 2 aromatic rings. The second-order valence-electron chi connectivity index (χ2n) is 3.51. The number of carbonyl (C=O) groups is 1. The van der Waals surface area contributed by atoms with E-state index in [0.29, 0.717) is 17.0 Å². The topological polar surface area (TPSA) is 74.4 Å². The van der Waals surface area contributed by atoms with E-state index in [4.69, 9.17) is 10.5 Å². The molecule has 0 atom stereocenters. The highest BCUT2D eigenvalue weighted by atomic mass is 16.5. The molecule has 0 fully saturated rings. The minimum atomic E-state index is -0.441. The van der Waals surface area contributed by atoms with Gasteiger partial charge in [0.15, 0.2) is 5.75 Å². The van der Waals surface area contributed by atoms with Gasteiger partial charge in [-0.25, -0.2) is 9.78 Å². The highest BCUT2D eigenvalue weighted by molar-refractivity contribution is 5.89. The minimum Gasteiger partial charge on any atom is -0.465 e. The summed E-state index contributed by atoms with van der Waals surface area (Å²) in [5.74, 6) is 0.339. The molecule has 0 saturated carbocycles. The van der Waals surface area contributed by atoms with Crippen LogP contribution in [0.2, 0.25) is 0 Å². The molecule has 0 aliphatic heterocycles. The SMILES string of the molecule is COC(=O)c1ccnc(Oc2ccccc2N)c1. The van der Waals surface area contributed by atoms with E-state index in [0.717, 1.165) is 0 Å². The molecule has 0 radical (unpaired) electrons. The number of benzene rings is 1. The van der Waals surface area contributed by atoms with Gasteiger partial charge in [-0.1, -0.05) is 12.1 Å². The summed E-state index contributed by atoms with van der Waals surface area (Å²) < 4.78 is 10.1. The normalized spacial score (nSPS) is 9.83. The molecule has 0 aliphatic rings. The van der Waals surface area contributed by atoms with E-state index < -0.39 is 5.97 Å². The molecule has 0 saturated heterocycles. The molecule has 18 heavy (non-hydrogen) atoms. The summed E-state index contributed by atoms with van der Waals surface area (Å²) in [5, 5.41) is 0. The molecule has 0 amide bonds. The van der Waals surface area contributed by atoms with E-state index in [9.17, 15) is 4.79 Å². The lowest BCUT2D eigenvalue weighted by molar-refractivity contribution is 0.0600. The van der Waals surface area contributed by atoms with Gasteiger partial charge in [-0.2, -0.15) is 0 Å². The monoisotopic (exact) mass is 244 g/mol. The highest BCUT2D eigenvalue weighted by Crippen LogP contribution is 2.25. The summed E-state index contributed by atoms with van der Waals surface area (Å²) in [6.07, 6.45) is 1.47. The van der Waals surface area contributed by atoms with Gasteiger partial charge in [0.1, 0.15) is 0 Å². The smallest absolute Gasteiger partial charge is 0.338 e. The molecule has 1 aromatic carbocycles. The van der Waals surface area contributed by atoms with Crippen LogP contribution in [0.5, 0.6) is 11.6 Å². The molecular weight excluding hydrogens is 232 g/mol. The average Bonchev–Trinajstić information content (AvgIpc) is 2.41. The Hall–Kier alpha value is -2.56. The number of hydrogen-bond donors (Lipinski definition) is 1. The van der Waals surface area contributed by atoms with E-state index in [1.807, 2.05) is 0 Å². The van der Waals surface area contributed by atoms with Crippen molar-refractivity contribution in [1.29, 1.82) is 0 Å². The molecule has 0 bridgehead atoms. The summed E-state index contributed by atoms with van der Waals surface area (Å²) >= 11 is 0. The zero-order chi connectivity index (χ0) is 13.0. The summed E-state index contributed by atoms with van der Waals surface area (Å²) in [7, 11) is 1.32. The maximum Gasteiger partial charge on any atom is 0.338 e. The van der Waals surface area contributed by atoms with E-state index in [1.54, 1.807) is 30.3 Å². The van der Waals surface area contributed by atoms with Crippen molar-refractivity contribution in [3.63, 3.8) is 0 Å². The Balaban J connectivity index is 2.25. The van der Waals surface area contributed by atoms with Crippen LogP contribution in [0, 0.1) is 0 Å². The molecule has 1 heterocycles. The van der Waals surface area contributed by atoms with Gasteiger partial charge in [-0.15, -0.1) is 0 Å². The first-order valence-corrected chi connectivity index (χ1v) is 5.27. The second-order valence-corrected chi connectivity index (χ2v) is 3.51. The number of aromatic nitrogens is 1. The van der Waals surface area contributed by atoms with Crippen molar-refractivity contribution in [2.24, 2.45) is 0 Å². The van der Waals surface area contributed by atoms with E-state index in [2.05, 4.69) is 9.72 Å². The Morgan fingerprint density at radius 3 is 2.78 bits per heavy atom. The first-order chi connectivity index (χ1) is 8.70. The minimum absolute atomic E-state index is 0.288. The van der Waals surface area contributed by atoms with Gasteiger partial charge in [-0.05, 0) is 18.2 Å². The zero-order valence-corrected chi connectivity index (χ0v) is 9.79. The number of hydrogen-bond acceptors (Lipinski definition) is 5. The Kier molecular flexibility index (Phi) is 3.43. The lowest BCUT2D eigenvalue weighted by Gasteiger charge is -2.07. The average molecular weight is 244 g/mol. The predicted octanol–water partition coefficient (Wildman–Crippen LogP) is 2.24. The summed E-state index contributed by atoms with van der Waals surface area (Å²) in [5.41, 5.74) is 6.62. The van der Waals surface area contributed by atoms with Crippen LogP contribution in [-0.2, 0) is 4.74 Å². The Morgan fingerprint density at radius 1 is 1.28 bits per heavy atom. The molecule has 0 aliphatic carbocycles. The first kappa shape index (κ1) is 11.9. The van der Waals surface area contributed by atoms with Gasteiger partial charge in [0.25, 0.3) is 0 Å². The molecule has 2 rings (SSSR count). The molecule has 92 valence electrons. The number of para-hydroxylation sites is 2. The number of anilines is 1. The summed E-state index contributed by atoms with van der Waals surface area (Å²) in [4.78, 5) is 15.4. The van der Waals surface area contributed by atoms with E-state index in [1.165, 1.54) is 19.4 Å². The number of nitrogens with two attached hydrogens (primary N) is 1. The van der Waals surface area contributed by atoms with Gasteiger partial charge >= 0.3 is 5.97 Å². The van der Waals surface area contributed by atoms with Crippen molar-refractivity contribution < 1.29 is 14.3 Å². The Morgan fingerprint density at radius 2 is 2.06 bits per heavy atom. The van der Waals surface area contributed by atoms with Crippen LogP contribution >= 0.6 is 0 Å². The van der Waals surface area contributed by atoms with E-state index in [-0.39, 0.29) is 5.88 Å². The number of ether oxygens (including phenoxy) is 2. The number of rotatable bonds is 3. The van der Waals surface area contributed by atoms with Crippen LogP contribution < -0.4 is 10.5 Å². The number of nitrogen functional groups attached to an aromatic ring is 1. The van der Waals surface area contributed by atoms with Crippen molar-refractivity contribution in [3.05, 3.63) is 48.2 Å². The van der Waals surface area contributed by atoms with Crippen molar-refractivity contribution in [3.8, 4) is 11.6 Å². The van der Waals surface area contributed by atoms with Crippen LogP contribution in [0.4, 0.5) is 5.69 Å². The molecule has 5 nitrogen and oxygen atoms in total. The van der Waals surface area contributed by atoms with Crippen LogP contribution in [0.3, 0.4) is 0 Å². The van der Waals surface area contributed by atoms with Gasteiger partial charge in [0, 0.05) is 12.3 Å². The highest BCUT2D eigenvalue weighted by Gasteiger charge is 2.08. The maximum absolute atomic E-state index is 11.4. The van der Waals surface area contributed by atoms with Crippen molar-refractivity contribution >= 4 is 11.7 Å². The van der Waals surface area contributed by atoms with Crippen molar-refractivity contribution in [2.75, 3.05) is 12.8 Å². The van der Waals surface area contributed by atoms with Crippen molar-refractivity contribution in [1.82, 2.24) is 4.98 Å². The third-order valence-electron chi connectivity index (χ3n) is 2.29. The van der Waals surface area contributed by atoms with Crippen molar-refractivity contribution in [2.45, 2.75) is 0 Å². The number of pyridine rings is 1. The molecule has 0 unspecified atom stereocenters. The lowest BCUT2D eigenvalue weighted by Crippen LogP contribution is -2.02. The summed E-state index contributed by atoms with van der Waals surface area (Å²) in [6, 6.07) is 10.1. The van der Waals surface area contributed by atoms with Crippen LogP contribution in [0.25, 0.3) is 0 Å². The maximum atomic E-state index is 11.4. The fourth-order valence-electron chi connectivity index (χ4n) is 1.40. The fraction of sp³-hybridized carbons (Fsp3) is 0.0769. The lowest BCUT2D eigenvalue weighted by atomic mass is 10.2. The van der Waals surface area contributed by atoms with Gasteiger partial charge in [0.2, 0.25) is 5.88 Å². The Labute approximate surface area is 104 Å². The first-order valence-electron chi connectivity index (χ1n) is 5.27. The van der Waals surface area contributed by atoms with E-state index >= 15 is 0 Å². The summed E-state index contributed by atoms with van der Waals surface area (Å²) in [6.45, 7) is 0. The second kappa shape index (κ2) is 5.18. The third-order valence-corrected chi connectivity index (χ3v) is 2.29. The largest absolute Gasteiger partial charge is 0.465 e. The number of carbonyl (C=O) groups excluding carboxylic acids is 1. The predicted molar refractivity (Wildman–Crippen MR) is 66.5 cm³/mol.